The van der Waals surface area contributed by atoms with Gasteiger partial charge in [-0.3, -0.25) is 4.98 Å². The van der Waals surface area contributed by atoms with Crippen molar-refractivity contribution in [2.45, 2.75) is 6.61 Å². The maximum Gasteiger partial charge on any atom is 0.0868 e. The lowest BCUT2D eigenvalue weighted by molar-refractivity contribution is 0.277. The predicted octanol–water partition coefficient (Wildman–Crippen LogP) is 4.20. The topological polar surface area (TPSA) is 33.1 Å². The second kappa shape index (κ2) is 5.23. The highest BCUT2D eigenvalue weighted by Gasteiger charge is 2.06. The van der Waals surface area contributed by atoms with Crippen molar-refractivity contribution in [3.8, 4) is 11.1 Å². The molecule has 5 heteroatoms. The highest BCUT2D eigenvalue weighted by Crippen LogP contribution is 2.29. The quantitative estimate of drug-likeness (QED) is 0.898. The van der Waals surface area contributed by atoms with E-state index in [9.17, 15) is 0 Å². The van der Waals surface area contributed by atoms with Gasteiger partial charge in [-0.25, -0.2) is 0 Å². The van der Waals surface area contributed by atoms with Crippen molar-refractivity contribution in [1.82, 2.24) is 4.98 Å². The smallest absolute Gasteiger partial charge is 0.0868 e. The molecule has 17 heavy (non-hydrogen) atoms. The van der Waals surface area contributed by atoms with E-state index in [4.69, 9.17) is 39.9 Å². The second-order valence-corrected chi connectivity index (χ2v) is 4.75. The van der Waals surface area contributed by atoms with Gasteiger partial charge < -0.3 is 5.11 Å². The maximum atomic E-state index is 8.98. The third-order valence-electron chi connectivity index (χ3n) is 2.26. The Bertz CT molecular complexity index is 537. The Kier molecular flexibility index (Phi) is 3.89. The minimum Gasteiger partial charge on any atom is -0.390 e. The van der Waals surface area contributed by atoms with Gasteiger partial charge >= 0.3 is 0 Å². The molecule has 0 amide bonds. The van der Waals surface area contributed by atoms with Crippen molar-refractivity contribution in [2.75, 3.05) is 0 Å². The standard InChI is InChI=1S/C12H8Cl3NO/c13-9-1-7(2-10(14)4-9)8-3-11(15)12(6-17)16-5-8/h1-5,17H,6H2. The fraction of sp³-hybridized carbons (Fsp3) is 0.0833. The molecule has 0 aliphatic carbocycles. The molecule has 0 fully saturated rings. The molecule has 0 saturated heterocycles. The number of aliphatic hydroxyl groups excluding tert-OH is 1. The van der Waals surface area contributed by atoms with Gasteiger partial charge in [-0.2, -0.15) is 0 Å². The van der Waals surface area contributed by atoms with Crippen LogP contribution in [0.3, 0.4) is 0 Å². The molecule has 0 bridgehead atoms. The molecule has 0 radical (unpaired) electrons. The molecule has 0 aliphatic heterocycles. The number of pyridine rings is 1. The van der Waals surface area contributed by atoms with Crippen LogP contribution in [0.15, 0.2) is 30.5 Å². The summed E-state index contributed by atoms with van der Waals surface area (Å²) in [6.07, 6.45) is 1.62. The third-order valence-corrected chi connectivity index (χ3v) is 3.03. The van der Waals surface area contributed by atoms with E-state index in [0.717, 1.165) is 11.1 Å². The monoisotopic (exact) mass is 287 g/mol. The normalized spacial score (nSPS) is 10.6. The molecule has 1 heterocycles. The molecule has 2 aromatic rings. The molecular formula is C12H8Cl3NO. The van der Waals surface area contributed by atoms with E-state index in [2.05, 4.69) is 4.98 Å². The Labute approximate surface area is 114 Å². The predicted molar refractivity (Wildman–Crippen MR) is 70.6 cm³/mol. The summed E-state index contributed by atoms with van der Waals surface area (Å²) in [4.78, 5) is 4.06. The number of aliphatic hydroxyl groups is 1. The minimum atomic E-state index is -0.185. The molecule has 1 N–H and O–H groups in total. The minimum absolute atomic E-state index is 0.185. The van der Waals surface area contributed by atoms with Crippen molar-refractivity contribution < 1.29 is 5.11 Å². The zero-order valence-electron chi connectivity index (χ0n) is 8.62. The number of hydrogen-bond donors (Lipinski definition) is 1. The zero-order chi connectivity index (χ0) is 12.4. The summed E-state index contributed by atoms with van der Waals surface area (Å²) in [5.74, 6) is 0. The van der Waals surface area contributed by atoms with E-state index >= 15 is 0 Å². The van der Waals surface area contributed by atoms with Gasteiger partial charge in [0.05, 0.1) is 17.3 Å². The molecule has 0 unspecified atom stereocenters. The molecule has 2 nitrogen and oxygen atoms in total. The SMILES string of the molecule is OCc1ncc(-c2cc(Cl)cc(Cl)c2)cc1Cl. The molecule has 2 rings (SSSR count). The fourth-order valence-electron chi connectivity index (χ4n) is 1.46. The first kappa shape index (κ1) is 12.7. The van der Waals surface area contributed by atoms with E-state index in [1.807, 2.05) is 0 Å². The maximum absolute atomic E-state index is 8.98. The Morgan fingerprint density at radius 1 is 0.941 bits per heavy atom. The Balaban J connectivity index is 2.49. The number of halogens is 3. The fourth-order valence-corrected chi connectivity index (χ4v) is 2.21. The number of nitrogens with zero attached hydrogens (tertiary/aromatic N) is 1. The van der Waals surface area contributed by atoms with Crippen LogP contribution in [0, 0.1) is 0 Å². The molecule has 0 aliphatic rings. The Hall–Kier alpha value is -0.800. The van der Waals surface area contributed by atoms with Gasteiger partial charge in [0.25, 0.3) is 0 Å². The van der Waals surface area contributed by atoms with Crippen LogP contribution in [-0.4, -0.2) is 10.1 Å². The van der Waals surface area contributed by atoms with Crippen LogP contribution in [0.5, 0.6) is 0 Å². The summed E-state index contributed by atoms with van der Waals surface area (Å²) >= 11 is 17.8. The summed E-state index contributed by atoms with van der Waals surface area (Å²) in [6, 6.07) is 6.94. The van der Waals surface area contributed by atoms with Crippen LogP contribution < -0.4 is 0 Å². The summed E-state index contributed by atoms with van der Waals surface area (Å²) in [7, 11) is 0. The van der Waals surface area contributed by atoms with E-state index in [-0.39, 0.29) is 6.61 Å². The summed E-state index contributed by atoms with van der Waals surface area (Å²) < 4.78 is 0. The number of aromatic nitrogens is 1. The largest absolute Gasteiger partial charge is 0.390 e. The second-order valence-electron chi connectivity index (χ2n) is 3.47. The van der Waals surface area contributed by atoms with Gasteiger partial charge in [-0.05, 0) is 29.8 Å². The van der Waals surface area contributed by atoms with Crippen LogP contribution in [0.1, 0.15) is 5.69 Å². The van der Waals surface area contributed by atoms with Gasteiger partial charge in [0, 0.05) is 21.8 Å². The molecule has 0 atom stereocenters. The highest BCUT2D eigenvalue weighted by atomic mass is 35.5. The van der Waals surface area contributed by atoms with Crippen molar-refractivity contribution in [3.63, 3.8) is 0 Å². The Morgan fingerprint density at radius 2 is 1.59 bits per heavy atom. The molecule has 0 saturated carbocycles. The first-order valence-corrected chi connectivity index (χ1v) is 5.95. The average Bonchev–Trinajstić information content (AvgIpc) is 2.27. The molecular weight excluding hydrogens is 280 g/mol. The molecule has 88 valence electrons. The van der Waals surface area contributed by atoms with Gasteiger partial charge in [-0.15, -0.1) is 0 Å². The van der Waals surface area contributed by atoms with Gasteiger partial charge in [0.1, 0.15) is 0 Å². The summed E-state index contributed by atoms with van der Waals surface area (Å²) in [5, 5.41) is 10.5. The van der Waals surface area contributed by atoms with E-state index in [1.54, 1.807) is 30.5 Å². The average molecular weight is 289 g/mol. The summed E-state index contributed by atoms with van der Waals surface area (Å²) in [6.45, 7) is -0.185. The van der Waals surface area contributed by atoms with Crippen molar-refractivity contribution >= 4 is 34.8 Å². The van der Waals surface area contributed by atoms with Crippen molar-refractivity contribution in [2.24, 2.45) is 0 Å². The molecule has 1 aromatic heterocycles. The molecule has 1 aromatic carbocycles. The van der Waals surface area contributed by atoms with Crippen molar-refractivity contribution in [1.29, 1.82) is 0 Å². The van der Waals surface area contributed by atoms with Gasteiger partial charge in [0.2, 0.25) is 0 Å². The molecule has 0 spiro atoms. The van der Waals surface area contributed by atoms with Crippen LogP contribution in [-0.2, 0) is 6.61 Å². The number of hydrogen-bond acceptors (Lipinski definition) is 2. The van der Waals surface area contributed by atoms with E-state index in [0.29, 0.717) is 20.8 Å². The third kappa shape index (κ3) is 2.90. The Morgan fingerprint density at radius 3 is 2.12 bits per heavy atom. The van der Waals surface area contributed by atoms with Crippen LogP contribution in [0.2, 0.25) is 15.1 Å². The first-order valence-electron chi connectivity index (χ1n) is 4.82. The lowest BCUT2D eigenvalue weighted by atomic mass is 10.1. The zero-order valence-corrected chi connectivity index (χ0v) is 10.9. The lowest BCUT2D eigenvalue weighted by Gasteiger charge is -2.06. The number of rotatable bonds is 2. The van der Waals surface area contributed by atoms with E-state index < -0.39 is 0 Å². The van der Waals surface area contributed by atoms with E-state index in [1.165, 1.54) is 0 Å². The van der Waals surface area contributed by atoms with Crippen LogP contribution >= 0.6 is 34.8 Å². The van der Waals surface area contributed by atoms with Gasteiger partial charge in [0.15, 0.2) is 0 Å². The summed E-state index contributed by atoms with van der Waals surface area (Å²) in [5.41, 5.74) is 2.08. The highest BCUT2D eigenvalue weighted by molar-refractivity contribution is 6.35. The van der Waals surface area contributed by atoms with Crippen molar-refractivity contribution in [3.05, 3.63) is 51.2 Å². The number of benzene rings is 1. The van der Waals surface area contributed by atoms with Crippen LogP contribution in [0.25, 0.3) is 11.1 Å². The first-order chi connectivity index (χ1) is 8.10. The van der Waals surface area contributed by atoms with Crippen LogP contribution in [0.4, 0.5) is 0 Å². The van der Waals surface area contributed by atoms with Gasteiger partial charge in [-0.1, -0.05) is 34.8 Å². The lowest BCUT2D eigenvalue weighted by Crippen LogP contribution is -1.91.